The van der Waals surface area contributed by atoms with E-state index in [1.165, 1.54) is 18.2 Å². The Balaban J connectivity index is 1.90. The molecule has 0 radical (unpaired) electrons. The van der Waals surface area contributed by atoms with Crippen molar-refractivity contribution in [2.75, 3.05) is 5.32 Å². The molecule has 0 spiro atoms. The summed E-state index contributed by atoms with van der Waals surface area (Å²) in [4.78, 5) is 12.7. The zero-order valence-electron chi connectivity index (χ0n) is 13.3. The van der Waals surface area contributed by atoms with Crippen LogP contribution in [0.1, 0.15) is 47.2 Å². The second-order valence-corrected chi connectivity index (χ2v) is 7.00. The Morgan fingerprint density at radius 2 is 1.88 bits per heavy atom. The highest BCUT2D eigenvalue weighted by molar-refractivity contribution is 5.99. The molecule has 5 nitrogen and oxygen atoms in total. The molecule has 1 fully saturated rings. The number of hydrogen-bond acceptors (Lipinski definition) is 5. The predicted octanol–water partition coefficient (Wildman–Crippen LogP) is 3.39. The number of anilines is 1. The molecular formula is C19H16FNO4. The Kier molecular flexibility index (Phi) is 2.59. The van der Waals surface area contributed by atoms with Crippen molar-refractivity contribution in [3.8, 4) is 11.5 Å². The number of benzene rings is 2. The first kappa shape index (κ1) is 14.6. The second kappa shape index (κ2) is 4.45. The number of aromatic hydroxyl groups is 2. The standard InChI is InChI=1S/C19H16FNO4/c20-10-3-5-13-12(9-10)18-7-1-2-8-19(18,21-13)25-17(24)15-11(18)4-6-14(22)16(15)23/h3-6,9,21-23H,1-2,7-8H2/t18?,19-/m0/s1. The van der Waals surface area contributed by atoms with Crippen molar-refractivity contribution in [2.24, 2.45) is 0 Å². The molecule has 3 aliphatic rings. The number of carbonyl (C=O) groups is 1. The van der Waals surface area contributed by atoms with E-state index in [1.54, 1.807) is 12.1 Å². The van der Waals surface area contributed by atoms with Crippen LogP contribution in [0.3, 0.4) is 0 Å². The molecule has 0 amide bonds. The van der Waals surface area contributed by atoms with Gasteiger partial charge in [0.05, 0.1) is 5.41 Å². The van der Waals surface area contributed by atoms with Crippen LogP contribution >= 0.6 is 0 Å². The third-order valence-corrected chi connectivity index (χ3v) is 5.89. The van der Waals surface area contributed by atoms with Gasteiger partial charge in [0.25, 0.3) is 0 Å². The van der Waals surface area contributed by atoms with Gasteiger partial charge in [-0.15, -0.1) is 0 Å². The lowest BCUT2D eigenvalue weighted by Crippen LogP contribution is -2.60. The smallest absolute Gasteiger partial charge is 0.344 e. The van der Waals surface area contributed by atoms with E-state index in [9.17, 15) is 19.4 Å². The molecule has 1 saturated carbocycles. The second-order valence-electron chi connectivity index (χ2n) is 7.00. The molecule has 2 aromatic rings. The molecule has 6 heteroatoms. The van der Waals surface area contributed by atoms with E-state index in [0.29, 0.717) is 18.4 Å². The van der Waals surface area contributed by atoms with Crippen LogP contribution in [0.4, 0.5) is 10.1 Å². The summed E-state index contributed by atoms with van der Waals surface area (Å²) in [5.74, 6) is -1.90. The first-order chi connectivity index (χ1) is 12.0. The maximum atomic E-state index is 14.0. The van der Waals surface area contributed by atoms with E-state index in [2.05, 4.69) is 5.32 Å². The molecule has 5 rings (SSSR count). The van der Waals surface area contributed by atoms with Crippen molar-refractivity contribution < 1.29 is 24.1 Å². The topological polar surface area (TPSA) is 78.8 Å². The lowest BCUT2D eigenvalue weighted by atomic mass is 9.59. The Labute approximate surface area is 143 Å². The fraction of sp³-hybridized carbons (Fsp3) is 0.316. The zero-order chi connectivity index (χ0) is 17.4. The zero-order valence-corrected chi connectivity index (χ0v) is 13.3. The minimum Gasteiger partial charge on any atom is -0.504 e. The quantitative estimate of drug-likeness (QED) is 0.506. The van der Waals surface area contributed by atoms with Crippen molar-refractivity contribution in [3.05, 3.63) is 52.8 Å². The van der Waals surface area contributed by atoms with Gasteiger partial charge in [-0.2, -0.15) is 0 Å². The van der Waals surface area contributed by atoms with Crippen LogP contribution in [0.15, 0.2) is 30.3 Å². The van der Waals surface area contributed by atoms with Crippen molar-refractivity contribution in [3.63, 3.8) is 0 Å². The normalized spacial score (nSPS) is 28.9. The van der Waals surface area contributed by atoms with Crippen LogP contribution in [-0.2, 0) is 10.2 Å². The van der Waals surface area contributed by atoms with E-state index in [1.807, 2.05) is 0 Å². The monoisotopic (exact) mass is 341 g/mol. The number of phenolic OH excluding ortho intramolecular Hbond substituents is 2. The summed E-state index contributed by atoms with van der Waals surface area (Å²) >= 11 is 0. The van der Waals surface area contributed by atoms with Gasteiger partial charge in [-0.3, -0.25) is 0 Å². The molecule has 3 N–H and O–H groups in total. The fourth-order valence-electron chi connectivity index (χ4n) is 4.91. The van der Waals surface area contributed by atoms with Crippen LogP contribution in [0.5, 0.6) is 11.5 Å². The van der Waals surface area contributed by atoms with Gasteiger partial charge >= 0.3 is 5.97 Å². The van der Waals surface area contributed by atoms with Crippen LogP contribution in [0.25, 0.3) is 0 Å². The van der Waals surface area contributed by atoms with Gasteiger partial charge < -0.3 is 20.3 Å². The van der Waals surface area contributed by atoms with Crippen molar-refractivity contribution in [1.29, 1.82) is 0 Å². The van der Waals surface area contributed by atoms with Crippen molar-refractivity contribution in [2.45, 2.75) is 36.8 Å². The summed E-state index contributed by atoms with van der Waals surface area (Å²) in [5, 5.41) is 23.4. The van der Waals surface area contributed by atoms with Gasteiger partial charge in [0.1, 0.15) is 11.4 Å². The molecule has 1 unspecified atom stereocenters. The molecule has 0 aromatic heterocycles. The molecule has 25 heavy (non-hydrogen) atoms. The van der Waals surface area contributed by atoms with Gasteiger partial charge in [-0.25, -0.2) is 9.18 Å². The van der Waals surface area contributed by atoms with Gasteiger partial charge in [-0.1, -0.05) is 12.5 Å². The molecular weight excluding hydrogens is 325 g/mol. The van der Waals surface area contributed by atoms with Gasteiger partial charge in [0.15, 0.2) is 17.2 Å². The number of hydrogen-bond donors (Lipinski definition) is 3. The fourth-order valence-corrected chi connectivity index (χ4v) is 4.91. The third kappa shape index (κ3) is 1.55. The van der Waals surface area contributed by atoms with E-state index in [4.69, 9.17) is 4.74 Å². The lowest BCUT2D eigenvalue weighted by Gasteiger charge is -2.51. The maximum Gasteiger partial charge on any atom is 0.344 e. The van der Waals surface area contributed by atoms with E-state index >= 15 is 0 Å². The summed E-state index contributed by atoms with van der Waals surface area (Å²) in [6.45, 7) is 0. The minimum atomic E-state index is -0.991. The first-order valence-electron chi connectivity index (χ1n) is 8.35. The number of nitrogens with one attached hydrogen (secondary N) is 1. The molecule has 0 bridgehead atoms. The summed E-state index contributed by atoms with van der Waals surface area (Å²) < 4.78 is 19.9. The van der Waals surface area contributed by atoms with Crippen molar-refractivity contribution in [1.82, 2.24) is 0 Å². The number of fused-ring (bicyclic) bond motifs is 2. The molecule has 2 aliphatic heterocycles. The lowest BCUT2D eigenvalue weighted by molar-refractivity contribution is -0.0601. The van der Waals surface area contributed by atoms with Crippen molar-refractivity contribution >= 4 is 11.7 Å². The molecule has 1 aliphatic carbocycles. The first-order valence-corrected chi connectivity index (χ1v) is 8.35. The maximum absolute atomic E-state index is 14.0. The third-order valence-electron chi connectivity index (χ3n) is 5.89. The molecule has 0 saturated heterocycles. The summed E-state index contributed by atoms with van der Waals surface area (Å²) in [6.07, 6.45) is 3.01. The highest BCUT2D eigenvalue weighted by Crippen LogP contribution is 2.62. The average molecular weight is 341 g/mol. The Hall–Kier alpha value is -2.76. The SMILES string of the molecule is O=C1O[C@@]23CCCCC2(c2cc(F)ccc2N3)c2ccc(O)c(O)c21. The van der Waals surface area contributed by atoms with Gasteiger partial charge in [0.2, 0.25) is 0 Å². The predicted molar refractivity (Wildman–Crippen MR) is 87.2 cm³/mol. The number of halogens is 1. The summed E-state index contributed by atoms with van der Waals surface area (Å²) in [7, 11) is 0. The van der Waals surface area contributed by atoms with E-state index in [-0.39, 0.29) is 17.1 Å². The molecule has 2 atom stereocenters. The number of carbonyl (C=O) groups excluding carboxylic acids is 1. The molecule has 128 valence electrons. The Morgan fingerprint density at radius 1 is 1.08 bits per heavy atom. The average Bonchev–Trinajstić information content (AvgIpc) is 2.88. The molecule has 2 heterocycles. The van der Waals surface area contributed by atoms with Crippen LogP contribution < -0.4 is 5.32 Å². The number of esters is 1. The number of phenols is 2. The highest BCUT2D eigenvalue weighted by Gasteiger charge is 2.66. The summed E-state index contributed by atoms with van der Waals surface area (Å²) in [6, 6.07) is 7.53. The molecule has 2 aromatic carbocycles. The number of ether oxygens (including phenoxy) is 1. The largest absolute Gasteiger partial charge is 0.504 e. The van der Waals surface area contributed by atoms with Crippen LogP contribution in [0, 0.1) is 5.82 Å². The van der Waals surface area contributed by atoms with Gasteiger partial charge in [-0.05, 0) is 48.2 Å². The Morgan fingerprint density at radius 3 is 2.72 bits per heavy atom. The summed E-state index contributed by atoms with van der Waals surface area (Å²) in [5.41, 5.74) is 0.237. The van der Waals surface area contributed by atoms with Crippen LogP contribution in [-0.4, -0.2) is 21.9 Å². The van der Waals surface area contributed by atoms with E-state index < -0.39 is 22.9 Å². The Bertz CT molecular complexity index is 943. The minimum absolute atomic E-state index is 0.0311. The highest BCUT2D eigenvalue weighted by atomic mass is 19.1. The van der Waals surface area contributed by atoms with Crippen LogP contribution in [0.2, 0.25) is 0 Å². The number of rotatable bonds is 0. The van der Waals surface area contributed by atoms with Gasteiger partial charge in [0, 0.05) is 12.1 Å². The van der Waals surface area contributed by atoms with E-state index in [0.717, 1.165) is 24.1 Å².